The zero-order valence-corrected chi connectivity index (χ0v) is 12.0. The molecular formula is C12H18N4S. The van der Waals surface area contributed by atoms with Gasteiger partial charge in [0.15, 0.2) is 0 Å². The molecule has 0 atom stereocenters. The molecule has 0 saturated carbocycles. The quantitative estimate of drug-likeness (QED) is 0.721. The van der Waals surface area contributed by atoms with E-state index >= 15 is 0 Å². The highest BCUT2D eigenvalue weighted by molar-refractivity contribution is 7.13. The van der Waals surface area contributed by atoms with Gasteiger partial charge in [-0.15, -0.1) is 5.10 Å². The molecule has 0 aliphatic rings. The van der Waals surface area contributed by atoms with Gasteiger partial charge in [0.05, 0.1) is 11.4 Å². The average Bonchev–Trinajstić information content (AvgIpc) is 2.60. The fraction of sp³-hybridized carbons (Fsp3) is 0.667. The lowest BCUT2D eigenvalue weighted by Crippen LogP contribution is -2.20. The highest BCUT2D eigenvalue weighted by Gasteiger charge is 2.27. The highest BCUT2D eigenvalue weighted by atomic mass is 32.1. The van der Waals surface area contributed by atoms with Crippen LogP contribution in [0.15, 0.2) is 0 Å². The van der Waals surface area contributed by atoms with E-state index in [4.69, 9.17) is 0 Å². The molecule has 92 valence electrons. The predicted octanol–water partition coefficient (Wildman–Crippen LogP) is 3.08. The molecule has 0 unspecified atom stereocenters. The molecule has 5 heteroatoms. The molecule has 2 rings (SSSR count). The molecule has 4 nitrogen and oxygen atoms in total. The largest absolute Gasteiger partial charge is 0.153 e. The van der Waals surface area contributed by atoms with E-state index in [0.29, 0.717) is 0 Å². The second kappa shape index (κ2) is 3.70. The summed E-state index contributed by atoms with van der Waals surface area (Å²) >= 11 is 1.41. The van der Waals surface area contributed by atoms with E-state index in [1.54, 1.807) is 0 Å². The summed E-state index contributed by atoms with van der Waals surface area (Å²) in [5.74, 6) is 0. The van der Waals surface area contributed by atoms with E-state index in [-0.39, 0.29) is 10.8 Å². The normalized spacial score (nSPS) is 13.3. The summed E-state index contributed by atoms with van der Waals surface area (Å²) in [6.07, 6.45) is 0. The van der Waals surface area contributed by atoms with Crippen LogP contribution in [-0.2, 0) is 10.8 Å². The van der Waals surface area contributed by atoms with Gasteiger partial charge in [0.1, 0.15) is 10.2 Å². The van der Waals surface area contributed by atoms with Crippen molar-refractivity contribution in [2.45, 2.75) is 52.4 Å². The van der Waals surface area contributed by atoms with Crippen molar-refractivity contribution in [2.24, 2.45) is 0 Å². The molecule has 2 aromatic heterocycles. The van der Waals surface area contributed by atoms with Crippen LogP contribution < -0.4 is 0 Å². The van der Waals surface area contributed by atoms with Gasteiger partial charge in [-0.05, 0) is 11.5 Å². The summed E-state index contributed by atoms with van der Waals surface area (Å²) in [5, 5.41) is 13.0. The van der Waals surface area contributed by atoms with Gasteiger partial charge in [-0.3, -0.25) is 0 Å². The number of rotatable bonds is 0. The van der Waals surface area contributed by atoms with E-state index in [0.717, 1.165) is 21.6 Å². The molecule has 0 bridgehead atoms. The Bertz CT molecular complexity index is 498. The first kappa shape index (κ1) is 12.4. The fourth-order valence-electron chi connectivity index (χ4n) is 1.69. The fourth-order valence-corrected chi connectivity index (χ4v) is 2.55. The summed E-state index contributed by atoms with van der Waals surface area (Å²) < 4.78 is 5.13. The number of hydrogen-bond acceptors (Lipinski definition) is 5. The van der Waals surface area contributed by atoms with Crippen LogP contribution >= 0.6 is 11.5 Å². The molecule has 0 amide bonds. The highest BCUT2D eigenvalue weighted by Crippen LogP contribution is 2.33. The summed E-state index contributed by atoms with van der Waals surface area (Å²) in [5.41, 5.74) is 2.72. The van der Waals surface area contributed by atoms with E-state index in [9.17, 15) is 0 Å². The smallest absolute Gasteiger partial charge is 0.131 e. The Labute approximate surface area is 106 Å². The second-order valence-electron chi connectivity index (χ2n) is 6.35. The van der Waals surface area contributed by atoms with E-state index < -0.39 is 0 Å². The predicted molar refractivity (Wildman–Crippen MR) is 70.4 cm³/mol. The summed E-state index contributed by atoms with van der Waals surface area (Å²) in [4.78, 5) is 0. The SMILES string of the molecule is CC(C)(C)c1nnc(C(C)(C)C)c2snnc12. The van der Waals surface area contributed by atoms with Crippen LogP contribution in [0, 0.1) is 0 Å². The second-order valence-corrected chi connectivity index (χ2v) is 7.10. The molecule has 0 aliphatic carbocycles. The Balaban J connectivity index is 2.76. The Morgan fingerprint density at radius 2 is 1.29 bits per heavy atom. The molecule has 0 fully saturated rings. The van der Waals surface area contributed by atoms with Crippen LogP contribution in [0.1, 0.15) is 52.9 Å². The number of fused-ring (bicyclic) bond motifs is 1. The van der Waals surface area contributed by atoms with Crippen molar-refractivity contribution in [2.75, 3.05) is 0 Å². The van der Waals surface area contributed by atoms with Gasteiger partial charge in [0.25, 0.3) is 0 Å². The van der Waals surface area contributed by atoms with Crippen LogP contribution in [0.5, 0.6) is 0 Å². The van der Waals surface area contributed by atoms with Crippen LogP contribution in [0.2, 0.25) is 0 Å². The van der Waals surface area contributed by atoms with E-state index in [1.807, 2.05) is 0 Å². The first-order valence-electron chi connectivity index (χ1n) is 5.71. The molecule has 0 spiro atoms. The topological polar surface area (TPSA) is 51.6 Å². The van der Waals surface area contributed by atoms with Gasteiger partial charge in [-0.25, -0.2) is 0 Å². The third-order valence-corrected chi connectivity index (χ3v) is 3.33. The van der Waals surface area contributed by atoms with Gasteiger partial charge in [0.2, 0.25) is 0 Å². The minimum absolute atomic E-state index is 0.0319. The van der Waals surface area contributed by atoms with Crippen molar-refractivity contribution in [1.29, 1.82) is 0 Å². The molecule has 2 heterocycles. The van der Waals surface area contributed by atoms with Gasteiger partial charge in [0, 0.05) is 10.8 Å². The molecule has 0 N–H and O–H groups in total. The lowest BCUT2D eigenvalue weighted by Gasteiger charge is -2.21. The molecule has 0 saturated heterocycles. The van der Waals surface area contributed by atoms with Gasteiger partial charge >= 0.3 is 0 Å². The van der Waals surface area contributed by atoms with Crippen LogP contribution in [-0.4, -0.2) is 19.8 Å². The monoisotopic (exact) mass is 250 g/mol. The van der Waals surface area contributed by atoms with Crippen molar-refractivity contribution < 1.29 is 0 Å². The van der Waals surface area contributed by atoms with Crippen molar-refractivity contribution in [1.82, 2.24) is 19.8 Å². The maximum atomic E-state index is 4.40. The Morgan fingerprint density at radius 1 is 0.765 bits per heavy atom. The zero-order chi connectivity index (χ0) is 12.8. The van der Waals surface area contributed by atoms with Gasteiger partial charge in [-0.1, -0.05) is 46.0 Å². The van der Waals surface area contributed by atoms with Crippen molar-refractivity contribution in [3.8, 4) is 0 Å². The number of hydrogen-bond donors (Lipinski definition) is 0. The Hall–Kier alpha value is -1.10. The minimum atomic E-state index is -0.0581. The molecule has 0 radical (unpaired) electrons. The van der Waals surface area contributed by atoms with Crippen LogP contribution in [0.3, 0.4) is 0 Å². The number of nitrogens with zero attached hydrogens (tertiary/aromatic N) is 4. The average molecular weight is 250 g/mol. The third-order valence-electron chi connectivity index (χ3n) is 2.60. The molecule has 2 aromatic rings. The van der Waals surface area contributed by atoms with Crippen molar-refractivity contribution >= 4 is 21.7 Å². The Morgan fingerprint density at radius 3 is 1.82 bits per heavy atom. The third kappa shape index (κ3) is 2.16. The van der Waals surface area contributed by atoms with E-state index in [1.165, 1.54) is 11.5 Å². The van der Waals surface area contributed by atoms with Gasteiger partial charge < -0.3 is 0 Å². The summed E-state index contributed by atoms with van der Waals surface area (Å²) in [7, 11) is 0. The van der Waals surface area contributed by atoms with Crippen molar-refractivity contribution in [3.05, 3.63) is 11.4 Å². The maximum Gasteiger partial charge on any atom is 0.131 e. The van der Waals surface area contributed by atoms with E-state index in [2.05, 4.69) is 61.3 Å². The summed E-state index contributed by atoms with van der Waals surface area (Å²) in [6, 6.07) is 0. The zero-order valence-electron chi connectivity index (χ0n) is 11.2. The lowest BCUT2D eigenvalue weighted by atomic mass is 9.88. The molecule has 0 aromatic carbocycles. The molecule has 0 aliphatic heterocycles. The van der Waals surface area contributed by atoms with Crippen molar-refractivity contribution in [3.63, 3.8) is 0 Å². The van der Waals surface area contributed by atoms with Crippen LogP contribution in [0.25, 0.3) is 10.2 Å². The first-order chi connectivity index (χ1) is 7.71. The maximum absolute atomic E-state index is 4.40. The molecular weight excluding hydrogens is 232 g/mol. The van der Waals surface area contributed by atoms with Crippen LogP contribution in [0.4, 0.5) is 0 Å². The standard InChI is InChI=1S/C12H18N4S/c1-11(2,3)9-7-8(17-16-13-7)10(15-14-9)12(4,5)6/h1-6H3. The molecule has 17 heavy (non-hydrogen) atoms. The first-order valence-corrected chi connectivity index (χ1v) is 6.48. The van der Waals surface area contributed by atoms with Gasteiger partial charge in [-0.2, -0.15) is 10.2 Å². The minimum Gasteiger partial charge on any atom is -0.153 e. The summed E-state index contributed by atoms with van der Waals surface area (Å²) in [6.45, 7) is 12.7. The Kier molecular flexibility index (Phi) is 2.69. The lowest BCUT2D eigenvalue weighted by molar-refractivity contribution is 0.537. The number of aromatic nitrogens is 4.